The van der Waals surface area contributed by atoms with Crippen molar-refractivity contribution in [3.8, 4) is 5.75 Å². The monoisotopic (exact) mass is 375 g/mol. The smallest absolute Gasteiger partial charge is 0.309 e. The molecule has 0 aromatic heterocycles. The van der Waals surface area contributed by atoms with Gasteiger partial charge < -0.3 is 19.5 Å². The van der Waals surface area contributed by atoms with Gasteiger partial charge in [-0.15, -0.1) is 0 Å². The van der Waals surface area contributed by atoms with Crippen LogP contribution < -0.4 is 4.74 Å². The number of carboxylic acids is 1. The average Bonchev–Trinajstić information content (AvgIpc) is 3.13. The fourth-order valence-electron chi connectivity index (χ4n) is 4.19. The van der Waals surface area contributed by atoms with Gasteiger partial charge in [0.1, 0.15) is 5.75 Å². The lowest BCUT2D eigenvalue weighted by Crippen LogP contribution is -2.43. The molecule has 2 aliphatic rings. The van der Waals surface area contributed by atoms with Crippen LogP contribution in [0.25, 0.3) is 0 Å². The SMILES string of the molecule is Cc1ccc(OCCC(=O)N2CCC([C@@H]3OCCC3C(=O)O)CC2)c(C)c1. The van der Waals surface area contributed by atoms with E-state index < -0.39 is 11.9 Å². The maximum atomic E-state index is 12.4. The maximum Gasteiger partial charge on any atom is 0.309 e. The maximum absolute atomic E-state index is 12.4. The van der Waals surface area contributed by atoms with Crippen molar-refractivity contribution >= 4 is 11.9 Å². The standard InChI is InChI=1S/C21H29NO5/c1-14-3-4-18(15(2)13-14)26-12-8-19(23)22-9-5-16(6-10-22)20-17(21(24)25)7-11-27-20/h3-4,13,16-17,20H,5-12H2,1-2H3,(H,24,25)/t17?,20-/m0/s1. The van der Waals surface area contributed by atoms with Crippen LogP contribution in [0, 0.1) is 25.7 Å². The van der Waals surface area contributed by atoms with E-state index in [2.05, 4.69) is 6.07 Å². The highest BCUT2D eigenvalue weighted by atomic mass is 16.5. The normalized spacial score (nSPS) is 23.4. The van der Waals surface area contributed by atoms with Crippen LogP contribution in [0.4, 0.5) is 0 Å². The number of aryl methyl sites for hydroxylation is 2. The van der Waals surface area contributed by atoms with Gasteiger partial charge in [0, 0.05) is 19.7 Å². The van der Waals surface area contributed by atoms with Crippen LogP contribution in [-0.2, 0) is 14.3 Å². The lowest BCUT2D eigenvalue weighted by Gasteiger charge is -2.35. The Morgan fingerprint density at radius 1 is 1.22 bits per heavy atom. The molecule has 1 aromatic rings. The Labute approximate surface area is 160 Å². The molecular weight excluding hydrogens is 346 g/mol. The van der Waals surface area contributed by atoms with Crippen LogP contribution in [0.2, 0.25) is 0 Å². The molecule has 0 aliphatic carbocycles. The van der Waals surface area contributed by atoms with Crippen molar-refractivity contribution in [2.45, 2.75) is 45.6 Å². The minimum absolute atomic E-state index is 0.0975. The van der Waals surface area contributed by atoms with Crippen molar-refractivity contribution < 1.29 is 24.2 Å². The van der Waals surface area contributed by atoms with Crippen molar-refractivity contribution in [1.82, 2.24) is 4.90 Å². The number of hydrogen-bond acceptors (Lipinski definition) is 4. The second-order valence-corrected chi connectivity index (χ2v) is 7.65. The number of carbonyl (C=O) groups is 2. The first-order valence-corrected chi connectivity index (χ1v) is 9.78. The van der Waals surface area contributed by atoms with Gasteiger partial charge in [0.25, 0.3) is 0 Å². The van der Waals surface area contributed by atoms with E-state index in [1.165, 1.54) is 5.56 Å². The summed E-state index contributed by atoms with van der Waals surface area (Å²) < 4.78 is 11.5. The number of aliphatic carboxylic acids is 1. The molecule has 148 valence electrons. The third-order valence-corrected chi connectivity index (χ3v) is 5.71. The number of carbonyl (C=O) groups excluding carboxylic acids is 1. The largest absolute Gasteiger partial charge is 0.493 e. The van der Waals surface area contributed by atoms with Crippen molar-refractivity contribution in [1.29, 1.82) is 0 Å². The molecular formula is C21H29NO5. The van der Waals surface area contributed by atoms with Gasteiger partial charge in [0.2, 0.25) is 5.91 Å². The first-order chi connectivity index (χ1) is 13.0. The third-order valence-electron chi connectivity index (χ3n) is 5.71. The zero-order valence-corrected chi connectivity index (χ0v) is 16.1. The van der Waals surface area contributed by atoms with E-state index in [-0.39, 0.29) is 17.9 Å². The molecule has 0 spiro atoms. The van der Waals surface area contributed by atoms with E-state index in [9.17, 15) is 14.7 Å². The van der Waals surface area contributed by atoms with E-state index >= 15 is 0 Å². The highest BCUT2D eigenvalue weighted by Crippen LogP contribution is 2.33. The Morgan fingerprint density at radius 2 is 1.96 bits per heavy atom. The van der Waals surface area contributed by atoms with Gasteiger partial charge in [-0.05, 0) is 50.7 Å². The molecule has 1 N–H and O–H groups in total. The topological polar surface area (TPSA) is 76.1 Å². The van der Waals surface area contributed by atoms with Crippen molar-refractivity contribution in [3.63, 3.8) is 0 Å². The number of rotatable bonds is 6. The zero-order valence-electron chi connectivity index (χ0n) is 16.1. The lowest BCUT2D eigenvalue weighted by atomic mass is 9.84. The first kappa shape index (κ1) is 19.7. The number of ether oxygens (including phenoxy) is 2. The number of piperidine rings is 1. The van der Waals surface area contributed by atoms with Gasteiger partial charge in [-0.1, -0.05) is 17.7 Å². The minimum Gasteiger partial charge on any atom is -0.493 e. The van der Waals surface area contributed by atoms with E-state index in [1.807, 2.05) is 30.9 Å². The van der Waals surface area contributed by atoms with Crippen LogP contribution in [0.3, 0.4) is 0 Å². The molecule has 2 atom stereocenters. The van der Waals surface area contributed by atoms with Crippen molar-refractivity contribution in [2.24, 2.45) is 11.8 Å². The highest BCUT2D eigenvalue weighted by molar-refractivity contribution is 5.76. The molecule has 27 heavy (non-hydrogen) atoms. The summed E-state index contributed by atoms with van der Waals surface area (Å²) in [4.78, 5) is 25.7. The molecule has 6 heteroatoms. The molecule has 3 rings (SSSR count). The number of nitrogens with zero attached hydrogens (tertiary/aromatic N) is 1. The van der Waals surface area contributed by atoms with Gasteiger partial charge in [0.05, 0.1) is 25.0 Å². The number of carboxylic acid groups (broad SMARTS) is 1. The summed E-state index contributed by atoms with van der Waals surface area (Å²) in [7, 11) is 0. The van der Waals surface area contributed by atoms with E-state index in [4.69, 9.17) is 9.47 Å². The molecule has 1 aromatic carbocycles. The predicted octanol–water partition coefficient (Wildman–Crippen LogP) is 2.80. The molecule has 1 unspecified atom stereocenters. The fourth-order valence-corrected chi connectivity index (χ4v) is 4.19. The lowest BCUT2D eigenvalue weighted by molar-refractivity contribution is -0.146. The van der Waals surface area contributed by atoms with Crippen LogP contribution >= 0.6 is 0 Å². The van der Waals surface area contributed by atoms with Gasteiger partial charge in [-0.3, -0.25) is 9.59 Å². The van der Waals surface area contributed by atoms with Crippen molar-refractivity contribution in [2.75, 3.05) is 26.3 Å². The summed E-state index contributed by atoms with van der Waals surface area (Å²) in [5.41, 5.74) is 2.27. The molecule has 2 heterocycles. The summed E-state index contributed by atoms with van der Waals surface area (Å²) in [6.45, 7) is 6.27. The third kappa shape index (κ3) is 4.80. The summed E-state index contributed by atoms with van der Waals surface area (Å²) in [6.07, 6.45) is 2.36. The van der Waals surface area contributed by atoms with E-state index in [1.54, 1.807) is 0 Å². The molecule has 2 saturated heterocycles. The summed E-state index contributed by atoms with van der Waals surface area (Å²) in [5.74, 6) is -0.0161. The first-order valence-electron chi connectivity index (χ1n) is 9.78. The Morgan fingerprint density at radius 3 is 2.63 bits per heavy atom. The Bertz CT molecular complexity index is 681. The molecule has 1 amide bonds. The van der Waals surface area contributed by atoms with Crippen molar-refractivity contribution in [3.05, 3.63) is 29.3 Å². The molecule has 0 saturated carbocycles. The number of hydrogen-bond donors (Lipinski definition) is 1. The summed E-state index contributed by atoms with van der Waals surface area (Å²) in [5, 5.41) is 9.32. The highest BCUT2D eigenvalue weighted by Gasteiger charge is 2.40. The van der Waals surface area contributed by atoms with Crippen LogP contribution in [0.1, 0.15) is 36.8 Å². The van der Waals surface area contributed by atoms with Gasteiger partial charge in [-0.25, -0.2) is 0 Å². The Hall–Kier alpha value is -2.08. The van der Waals surface area contributed by atoms with Gasteiger partial charge in [0.15, 0.2) is 0 Å². The predicted molar refractivity (Wildman–Crippen MR) is 101 cm³/mol. The second-order valence-electron chi connectivity index (χ2n) is 7.65. The summed E-state index contributed by atoms with van der Waals surface area (Å²) in [6, 6.07) is 6.02. The number of likely N-dealkylation sites (tertiary alicyclic amines) is 1. The molecule has 2 aliphatic heterocycles. The Kier molecular flexibility index (Phi) is 6.37. The second kappa shape index (κ2) is 8.74. The van der Waals surface area contributed by atoms with Gasteiger partial charge >= 0.3 is 5.97 Å². The quantitative estimate of drug-likeness (QED) is 0.827. The van der Waals surface area contributed by atoms with Crippen LogP contribution in [0.5, 0.6) is 5.75 Å². The van der Waals surface area contributed by atoms with E-state index in [0.29, 0.717) is 39.1 Å². The number of benzene rings is 1. The Balaban J connectivity index is 1.42. The average molecular weight is 375 g/mol. The minimum atomic E-state index is -0.764. The zero-order chi connectivity index (χ0) is 19.4. The molecule has 0 bridgehead atoms. The molecule has 6 nitrogen and oxygen atoms in total. The van der Waals surface area contributed by atoms with Crippen LogP contribution in [-0.4, -0.2) is 54.3 Å². The molecule has 2 fully saturated rings. The van der Waals surface area contributed by atoms with E-state index in [0.717, 1.165) is 24.2 Å². The fraction of sp³-hybridized carbons (Fsp3) is 0.619. The molecule has 0 radical (unpaired) electrons. The number of amides is 1. The van der Waals surface area contributed by atoms with Crippen LogP contribution in [0.15, 0.2) is 18.2 Å². The summed E-state index contributed by atoms with van der Waals surface area (Å²) >= 11 is 0. The van der Waals surface area contributed by atoms with Gasteiger partial charge in [-0.2, -0.15) is 0 Å².